The smallest absolute Gasteiger partial charge is 0.180 e. The third-order valence-electron chi connectivity index (χ3n) is 3.36. The lowest BCUT2D eigenvalue weighted by atomic mass is 9.82. The molecule has 0 saturated carbocycles. The molecule has 0 amide bonds. The number of nitrogens with two attached hydrogens (primary N) is 1. The Morgan fingerprint density at radius 1 is 1.39 bits per heavy atom. The van der Waals surface area contributed by atoms with Crippen LogP contribution in [0.15, 0.2) is 29.4 Å². The van der Waals surface area contributed by atoms with Crippen molar-refractivity contribution in [3.63, 3.8) is 0 Å². The molecule has 1 unspecified atom stereocenters. The third-order valence-corrected chi connectivity index (χ3v) is 3.36. The number of benzene rings is 1. The van der Waals surface area contributed by atoms with Crippen LogP contribution < -0.4 is 10.5 Å². The Labute approximate surface area is 108 Å². The van der Waals surface area contributed by atoms with E-state index in [2.05, 4.69) is 38.1 Å². The summed E-state index contributed by atoms with van der Waals surface area (Å²) in [6, 6.07) is 7.93. The predicted molar refractivity (Wildman–Crippen MR) is 73.3 cm³/mol. The Bertz CT molecular complexity index is 410. The summed E-state index contributed by atoms with van der Waals surface area (Å²) in [5, 5.41) is 11.5. The van der Waals surface area contributed by atoms with E-state index >= 15 is 0 Å². The molecule has 1 aromatic rings. The molecule has 3 N–H and O–H groups in total. The summed E-state index contributed by atoms with van der Waals surface area (Å²) in [6.45, 7) is 8.33. The normalized spacial score (nSPS) is 14.3. The zero-order valence-electron chi connectivity index (χ0n) is 11.5. The maximum absolute atomic E-state index is 8.55. The molecular weight excluding hydrogens is 228 g/mol. The van der Waals surface area contributed by atoms with Crippen LogP contribution in [0.1, 0.15) is 39.7 Å². The van der Waals surface area contributed by atoms with Crippen molar-refractivity contribution in [3.05, 3.63) is 29.8 Å². The molecule has 0 spiro atoms. The lowest BCUT2D eigenvalue weighted by Crippen LogP contribution is -2.31. The molecule has 0 bridgehead atoms. The lowest BCUT2D eigenvalue weighted by molar-refractivity contribution is 0.265. The van der Waals surface area contributed by atoms with E-state index in [0.29, 0.717) is 5.75 Å². The van der Waals surface area contributed by atoms with E-state index < -0.39 is 6.10 Å². The average molecular weight is 250 g/mol. The van der Waals surface area contributed by atoms with Crippen molar-refractivity contribution in [2.75, 3.05) is 0 Å². The molecule has 1 atom stereocenters. The van der Waals surface area contributed by atoms with E-state index in [9.17, 15) is 0 Å². The fourth-order valence-corrected chi connectivity index (χ4v) is 1.53. The number of oxime groups is 1. The van der Waals surface area contributed by atoms with Crippen LogP contribution in [0.4, 0.5) is 0 Å². The van der Waals surface area contributed by atoms with Crippen molar-refractivity contribution in [3.8, 4) is 5.75 Å². The van der Waals surface area contributed by atoms with Crippen LogP contribution in [0.5, 0.6) is 5.75 Å². The number of ether oxygens (including phenoxy) is 1. The first-order chi connectivity index (χ1) is 8.40. The van der Waals surface area contributed by atoms with E-state index in [0.717, 1.165) is 6.42 Å². The van der Waals surface area contributed by atoms with Gasteiger partial charge in [0.2, 0.25) is 0 Å². The molecule has 0 fully saturated rings. The molecule has 0 aromatic heterocycles. The zero-order chi connectivity index (χ0) is 13.8. The van der Waals surface area contributed by atoms with Gasteiger partial charge in [0.15, 0.2) is 11.9 Å². The predicted octanol–water partition coefficient (Wildman–Crippen LogP) is 2.89. The van der Waals surface area contributed by atoms with Crippen molar-refractivity contribution in [2.24, 2.45) is 10.9 Å². The van der Waals surface area contributed by atoms with Crippen molar-refractivity contribution in [1.82, 2.24) is 0 Å². The topological polar surface area (TPSA) is 67.8 Å². The zero-order valence-corrected chi connectivity index (χ0v) is 11.5. The van der Waals surface area contributed by atoms with Crippen LogP contribution >= 0.6 is 0 Å². The summed E-state index contributed by atoms with van der Waals surface area (Å²) in [6.07, 6.45) is 0.633. The number of amidine groups is 1. The van der Waals surface area contributed by atoms with Gasteiger partial charge in [0.25, 0.3) is 0 Å². The highest BCUT2D eigenvalue weighted by atomic mass is 16.5. The average Bonchev–Trinajstić information content (AvgIpc) is 2.38. The van der Waals surface area contributed by atoms with Gasteiger partial charge in [-0.25, -0.2) is 0 Å². The third kappa shape index (κ3) is 3.39. The van der Waals surface area contributed by atoms with E-state index in [1.54, 1.807) is 6.92 Å². The van der Waals surface area contributed by atoms with Crippen LogP contribution in [-0.2, 0) is 5.41 Å². The van der Waals surface area contributed by atoms with Gasteiger partial charge in [0.05, 0.1) is 0 Å². The van der Waals surface area contributed by atoms with Gasteiger partial charge in [0.1, 0.15) is 5.75 Å². The molecule has 0 saturated heterocycles. The summed E-state index contributed by atoms with van der Waals surface area (Å²) < 4.78 is 5.55. The standard InChI is InChI=1S/C14H22N2O2/c1-5-14(3,4)11-6-8-12(9-7-11)18-10(2)13(15)16-17/h6-10,17H,5H2,1-4H3,(H2,15,16). The Morgan fingerprint density at radius 2 is 1.94 bits per heavy atom. The van der Waals surface area contributed by atoms with E-state index in [4.69, 9.17) is 15.7 Å². The molecule has 4 heteroatoms. The molecule has 0 aliphatic carbocycles. The molecule has 0 aliphatic rings. The highest BCUT2D eigenvalue weighted by Crippen LogP contribution is 2.28. The van der Waals surface area contributed by atoms with Crippen LogP contribution in [0, 0.1) is 0 Å². The van der Waals surface area contributed by atoms with Gasteiger partial charge < -0.3 is 15.7 Å². The molecule has 1 rings (SSSR count). The molecule has 0 aliphatic heterocycles. The van der Waals surface area contributed by atoms with Crippen LogP contribution in [0.3, 0.4) is 0 Å². The largest absolute Gasteiger partial charge is 0.483 e. The summed E-state index contributed by atoms with van der Waals surface area (Å²) in [5.41, 5.74) is 6.89. The highest BCUT2D eigenvalue weighted by Gasteiger charge is 2.18. The van der Waals surface area contributed by atoms with Gasteiger partial charge in [-0.2, -0.15) is 0 Å². The molecular formula is C14H22N2O2. The monoisotopic (exact) mass is 250 g/mol. The van der Waals surface area contributed by atoms with Crippen LogP contribution in [0.25, 0.3) is 0 Å². The molecule has 0 heterocycles. The number of hydrogen-bond donors (Lipinski definition) is 2. The Kier molecular flexibility index (Phi) is 4.59. The minimum absolute atomic E-state index is 0.0629. The summed E-state index contributed by atoms with van der Waals surface area (Å²) >= 11 is 0. The van der Waals surface area contributed by atoms with Crippen LogP contribution in [-0.4, -0.2) is 17.1 Å². The lowest BCUT2D eigenvalue weighted by Gasteiger charge is -2.23. The van der Waals surface area contributed by atoms with E-state index in [1.165, 1.54) is 5.56 Å². The maximum atomic E-state index is 8.55. The molecule has 0 radical (unpaired) electrons. The summed E-state index contributed by atoms with van der Waals surface area (Å²) in [7, 11) is 0. The first-order valence-electron chi connectivity index (χ1n) is 6.15. The number of nitrogens with zero attached hydrogens (tertiary/aromatic N) is 1. The van der Waals surface area contributed by atoms with Gasteiger partial charge in [-0.05, 0) is 36.5 Å². The first kappa shape index (κ1) is 14.4. The Balaban J connectivity index is 2.78. The fraction of sp³-hybridized carbons (Fsp3) is 0.500. The van der Waals surface area contributed by atoms with Gasteiger partial charge in [0, 0.05) is 0 Å². The maximum Gasteiger partial charge on any atom is 0.180 e. The Hall–Kier alpha value is -1.71. The van der Waals surface area contributed by atoms with Gasteiger partial charge in [-0.15, -0.1) is 0 Å². The van der Waals surface area contributed by atoms with Crippen LogP contribution in [0.2, 0.25) is 0 Å². The quantitative estimate of drug-likeness (QED) is 0.365. The number of rotatable bonds is 5. The van der Waals surface area contributed by atoms with E-state index in [1.807, 2.05) is 12.1 Å². The second-order valence-electron chi connectivity index (χ2n) is 5.05. The SMILES string of the molecule is CCC(C)(C)c1ccc(OC(C)C(N)=NO)cc1. The van der Waals surface area contributed by atoms with Crippen molar-refractivity contribution < 1.29 is 9.94 Å². The van der Waals surface area contributed by atoms with Gasteiger partial charge in [-0.1, -0.05) is 38.1 Å². The van der Waals surface area contributed by atoms with Crippen molar-refractivity contribution in [2.45, 2.75) is 45.6 Å². The molecule has 100 valence electrons. The van der Waals surface area contributed by atoms with E-state index in [-0.39, 0.29) is 11.3 Å². The van der Waals surface area contributed by atoms with Gasteiger partial charge >= 0.3 is 0 Å². The van der Waals surface area contributed by atoms with Crippen molar-refractivity contribution >= 4 is 5.84 Å². The highest BCUT2D eigenvalue weighted by molar-refractivity contribution is 5.84. The molecule has 4 nitrogen and oxygen atoms in total. The minimum Gasteiger partial charge on any atom is -0.483 e. The fourth-order valence-electron chi connectivity index (χ4n) is 1.53. The molecule has 18 heavy (non-hydrogen) atoms. The summed E-state index contributed by atoms with van der Waals surface area (Å²) in [4.78, 5) is 0. The number of hydrogen-bond acceptors (Lipinski definition) is 3. The Morgan fingerprint density at radius 3 is 2.39 bits per heavy atom. The second kappa shape index (κ2) is 5.76. The first-order valence-corrected chi connectivity index (χ1v) is 6.15. The van der Waals surface area contributed by atoms with Crippen molar-refractivity contribution in [1.29, 1.82) is 0 Å². The molecule has 1 aromatic carbocycles. The second-order valence-corrected chi connectivity index (χ2v) is 5.05. The minimum atomic E-state index is -0.444. The van der Waals surface area contributed by atoms with Gasteiger partial charge in [-0.3, -0.25) is 0 Å². The summed E-state index contributed by atoms with van der Waals surface area (Å²) in [5.74, 6) is 0.776.